The summed E-state index contributed by atoms with van der Waals surface area (Å²) in [4.78, 5) is 19.1. The van der Waals surface area contributed by atoms with Gasteiger partial charge < -0.3 is 10.2 Å². The number of carbonyl (C=O) groups is 2. The van der Waals surface area contributed by atoms with E-state index in [1.807, 2.05) is 18.2 Å². The molecule has 0 saturated heterocycles. The Bertz CT molecular complexity index is 362. The van der Waals surface area contributed by atoms with Crippen LogP contribution in [-0.2, 0) is 16.1 Å². The van der Waals surface area contributed by atoms with Crippen LogP contribution in [-0.4, -0.2) is 22.2 Å². The Morgan fingerprint density at radius 2 is 1.59 bits per heavy atom. The molecule has 0 aliphatic rings. The van der Waals surface area contributed by atoms with Gasteiger partial charge in [0.2, 0.25) is 0 Å². The van der Waals surface area contributed by atoms with E-state index >= 15 is 0 Å². The van der Waals surface area contributed by atoms with Crippen LogP contribution in [0.4, 0.5) is 0 Å². The third-order valence-corrected chi connectivity index (χ3v) is 1.76. The Kier molecular flexibility index (Phi) is 8.62. The molecule has 0 radical (unpaired) electrons. The van der Waals surface area contributed by atoms with E-state index in [0.717, 1.165) is 6.54 Å². The highest BCUT2D eigenvalue weighted by molar-refractivity contribution is 9.08. The Labute approximate surface area is 107 Å². The van der Waals surface area contributed by atoms with E-state index < -0.39 is 11.9 Å². The van der Waals surface area contributed by atoms with Crippen molar-refractivity contribution >= 4 is 28.1 Å². The number of benzene rings is 1. The second-order valence-electron chi connectivity index (χ2n) is 2.81. The third kappa shape index (κ3) is 10.6. The molecule has 1 aromatic carbocycles. The molecule has 0 bridgehead atoms. The Hall–Kier alpha value is -1.66. The second-order valence-corrected chi connectivity index (χ2v) is 3.37. The van der Waals surface area contributed by atoms with Crippen LogP contribution in [0.2, 0.25) is 0 Å². The summed E-state index contributed by atoms with van der Waals surface area (Å²) < 4.78 is 2.90. The van der Waals surface area contributed by atoms with Gasteiger partial charge in [-0.2, -0.15) is 0 Å². The van der Waals surface area contributed by atoms with Crippen LogP contribution in [0.3, 0.4) is 0 Å². The summed E-state index contributed by atoms with van der Waals surface area (Å²) in [5.74, 6) is -2.51. The van der Waals surface area contributed by atoms with E-state index in [1.54, 1.807) is 0 Å². The SMILES string of the molecule is BrNCc1ccccc1.O=C(O)/C=C/C(=O)O. The monoisotopic (exact) mass is 301 g/mol. The minimum atomic E-state index is -1.26. The molecule has 1 rings (SSSR count). The van der Waals surface area contributed by atoms with E-state index in [2.05, 4.69) is 32.6 Å². The van der Waals surface area contributed by atoms with E-state index in [4.69, 9.17) is 10.2 Å². The summed E-state index contributed by atoms with van der Waals surface area (Å²) in [6.07, 6.45) is 1.12. The number of carboxylic acid groups (broad SMARTS) is 2. The largest absolute Gasteiger partial charge is 0.478 e. The van der Waals surface area contributed by atoms with Crippen LogP contribution in [0.15, 0.2) is 42.5 Å². The molecule has 0 unspecified atom stereocenters. The average Bonchev–Trinajstić information content (AvgIpc) is 2.29. The smallest absolute Gasteiger partial charge is 0.328 e. The number of hydrogen-bond acceptors (Lipinski definition) is 3. The van der Waals surface area contributed by atoms with Crippen molar-refractivity contribution in [2.75, 3.05) is 0 Å². The number of rotatable bonds is 4. The summed E-state index contributed by atoms with van der Waals surface area (Å²) in [6, 6.07) is 10.2. The zero-order chi connectivity index (χ0) is 13.1. The highest BCUT2D eigenvalue weighted by atomic mass is 79.9. The van der Waals surface area contributed by atoms with E-state index in [-0.39, 0.29) is 0 Å². The topological polar surface area (TPSA) is 86.6 Å². The fourth-order valence-corrected chi connectivity index (χ4v) is 1.14. The van der Waals surface area contributed by atoms with Gasteiger partial charge in [0, 0.05) is 34.8 Å². The van der Waals surface area contributed by atoms with E-state index in [1.165, 1.54) is 5.56 Å². The Balaban J connectivity index is 0.000000304. The van der Waals surface area contributed by atoms with Gasteiger partial charge in [0.15, 0.2) is 0 Å². The number of hydrogen-bond donors (Lipinski definition) is 3. The lowest BCUT2D eigenvalue weighted by atomic mass is 10.2. The second kappa shape index (κ2) is 9.56. The summed E-state index contributed by atoms with van der Waals surface area (Å²) in [6.45, 7) is 0.876. The average molecular weight is 302 g/mol. The van der Waals surface area contributed by atoms with Crippen molar-refractivity contribution in [3.8, 4) is 0 Å². The lowest BCUT2D eigenvalue weighted by Crippen LogP contribution is -1.95. The molecule has 1 aromatic rings. The van der Waals surface area contributed by atoms with Crippen LogP contribution in [0.25, 0.3) is 0 Å². The van der Waals surface area contributed by atoms with Crippen LogP contribution in [0.5, 0.6) is 0 Å². The van der Waals surface area contributed by atoms with Gasteiger partial charge >= 0.3 is 11.9 Å². The number of nitrogens with one attached hydrogen (secondary N) is 1. The molecule has 0 aromatic heterocycles. The van der Waals surface area contributed by atoms with Gasteiger partial charge in [-0.15, -0.1) is 0 Å². The van der Waals surface area contributed by atoms with Crippen molar-refractivity contribution < 1.29 is 19.8 Å². The van der Waals surface area contributed by atoms with Gasteiger partial charge in [0.1, 0.15) is 0 Å². The molecule has 0 atom stereocenters. The number of halogens is 1. The first-order valence-electron chi connectivity index (χ1n) is 4.57. The molecule has 17 heavy (non-hydrogen) atoms. The van der Waals surface area contributed by atoms with Gasteiger partial charge in [-0.25, -0.2) is 9.59 Å². The highest BCUT2D eigenvalue weighted by Crippen LogP contribution is 1.97. The molecule has 3 N–H and O–H groups in total. The van der Waals surface area contributed by atoms with Gasteiger partial charge in [0.05, 0.1) is 0 Å². The lowest BCUT2D eigenvalue weighted by molar-refractivity contribution is -0.134. The quantitative estimate of drug-likeness (QED) is 0.583. The molecule has 0 amide bonds. The van der Waals surface area contributed by atoms with Crippen molar-refractivity contribution in [2.45, 2.75) is 6.54 Å². The molecule has 0 fully saturated rings. The van der Waals surface area contributed by atoms with Crippen molar-refractivity contribution in [2.24, 2.45) is 0 Å². The molecule has 6 heteroatoms. The maximum atomic E-state index is 9.55. The third-order valence-electron chi connectivity index (χ3n) is 1.48. The van der Waals surface area contributed by atoms with Gasteiger partial charge in [0.25, 0.3) is 0 Å². The van der Waals surface area contributed by atoms with Gasteiger partial charge in [-0.3, -0.25) is 4.34 Å². The van der Waals surface area contributed by atoms with Gasteiger partial charge in [-0.05, 0) is 5.56 Å². The Morgan fingerprint density at radius 1 is 1.12 bits per heavy atom. The first-order valence-corrected chi connectivity index (χ1v) is 5.37. The maximum absolute atomic E-state index is 9.55. The van der Waals surface area contributed by atoms with Crippen LogP contribution in [0.1, 0.15) is 5.56 Å². The van der Waals surface area contributed by atoms with Crippen LogP contribution in [0, 0.1) is 0 Å². The maximum Gasteiger partial charge on any atom is 0.328 e. The van der Waals surface area contributed by atoms with Crippen LogP contribution < -0.4 is 4.34 Å². The first-order chi connectivity index (χ1) is 8.06. The van der Waals surface area contributed by atoms with Crippen molar-refractivity contribution in [3.05, 3.63) is 48.0 Å². The van der Waals surface area contributed by atoms with E-state index in [0.29, 0.717) is 12.2 Å². The van der Waals surface area contributed by atoms with Crippen LogP contribution >= 0.6 is 16.1 Å². The molecule has 0 spiro atoms. The summed E-state index contributed by atoms with van der Waals surface area (Å²) in [5.41, 5.74) is 1.29. The lowest BCUT2D eigenvalue weighted by Gasteiger charge is -1.94. The summed E-state index contributed by atoms with van der Waals surface area (Å²) >= 11 is 3.14. The number of aliphatic carboxylic acids is 2. The number of carboxylic acids is 2. The molecular weight excluding hydrogens is 290 g/mol. The minimum absolute atomic E-state index is 0.558. The molecule has 0 heterocycles. The first kappa shape index (κ1) is 15.3. The molecule has 0 saturated carbocycles. The fourth-order valence-electron chi connectivity index (χ4n) is 0.816. The highest BCUT2D eigenvalue weighted by Gasteiger charge is 1.88. The van der Waals surface area contributed by atoms with Crippen molar-refractivity contribution in [1.29, 1.82) is 0 Å². The zero-order valence-corrected chi connectivity index (χ0v) is 10.4. The molecule has 0 aliphatic heterocycles. The van der Waals surface area contributed by atoms with Gasteiger partial charge in [-0.1, -0.05) is 30.3 Å². The Morgan fingerprint density at radius 3 is 1.94 bits per heavy atom. The van der Waals surface area contributed by atoms with E-state index in [9.17, 15) is 9.59 Å². The summed E-state index contributed by atoms with van der Waals surface area (Å²) in [5, 5.41) is 15.6. The standard InChI is InChI=1S/C7H8BrN.C4H4O4/c8-9-6-7-4-2-1-3-5-7;5-3(6)1-2-4(7)8/h1-5,9H,6H2;1-2H,(H,5,6)(H,7,8)/b;2-1+. The predicted molar refractivity (Wildman–Crippen MR) is 66.6 cm³/mol. The fraction of sp³-hybridized carbons (Fsp3) is 0.0909. The summed E-state index contributed by atoms with van der Waals surface area (Å²) in [7, 11) is 0. The molecule has 92 valence electrons. The molecular formula is C11H12BrNO4. The molecule has 5 nitrogen and oxygen atoms in total. The molecule has 0 aliphatic carbocycles. The van der Waals surface area contributed by atoms with Crippen molar-refractivity contribution in [1.82, 2.24) is 4.34 Å². The minimum Gasteiger partial charge on any atom is -0.478 e. The predicted octanol–water partition coefficient (Wildman–Crippen LogP) is 1.80. The van der Waals surface area contributed by atoms with Crippen molar-refractivity contribution in [3.63, 3.8) is 0 Å². The zero-order valence-electron chi connectivity index (χ0n) is 8.84. The normalized spacial score (nSPS) is 9.47.